The number of likely N-dealkylation sites (N-methyl/N-ethyl adjacent to an activating group) is 2. The number of hydrogen-bond acceptors (Lipinski definition) is 3. The van der Waals surface area contributed by atoms with Crippen LogP contribution in [0.1, 0.15) is 19.8 Å². The minimum Gasteiger partial charge on any atom is -0.396 e. The monoisotopic (exact) mass is 188 g/mol. The van der Waals surface area contributed by atoms with Crippen LogP contribution in [-0.4, -0.2) is 61.8 Å². The lowest BCUT2D eigenvalue weighted by Gasteiger charge is -2.29. The van der Waals surface area contributed by atoms with E-state index in [4.69, 9.17) is 5.11 Å². The Morgan fingerprint density at radius 3 is 2.23 bits per heavy atom. The summed E-state index contributed by atoms with van der Waals surface area (Å²) >= 11 is 0. The lowest BCUT2D eigenvalue weighted by molar-refractivity contribution is 0.177. The molecule has 0 saturated heterocycles. The summed E-state index contributed by atoms with van der Waals surface area (Å²) in [4.78, 5) is 4.55. The highest BCUT2D eigenvalue weighted by atomic mass is 16.2. The number of aliphatic hydroxyl groups is 1. The van der Waals surface area contributed by atoms with Gasteiger partial charge in [-0.3, -0.25) is 0 Å². The van der Waals surface area contributed by atoms with Crippen molar-refractivity contribution in [2.24, 2.45) is 0 Å². The van der Waals surface area contributed by atoms with Crippen molar-refractivity contribution in [1.82, 2.24) is 9.80 Å². The van der Waals surface area contributed by atoms with Gasteiger partial charge >= 0.3 is 0 Å². The standard InChI is InChI=1S/C10H24N2O/c1-5-12(4)10(7-6-8-13)9-11(2)3/h10,13H,5-9H2,1-4H3. The topological polar surface area (TPSA) is 26.7 Å². The molecular weight excluding hydrogens is 164 g/mol. The summed E-state index contributed by atoms with van der Waals surface area (Å²) in [7, 11) is 6.33. The second kappa shape index (κ2) is 7.30. The zero-order valence-corrected chi connectivity index (χ0v) is 9.45. The molecule has 0 radical (unpaired) electrons. The Kier molecular flexibility index (Phi) is 7.23. The highest BCUT2D eigenvalue weighted by Crippen LogP contribution is 2.05. The third kappa shape index (κ3) is 6.02. The van der Waals surface area contributed by atoms with Gasteiger partial charge in [-0.25, -0.2) is 0 Å². The van der Waals surface area contributed by atoms with Gasteiger partial charge in [0.1, 0.15) is 0 Å². The van der Waals surface area contributed by atoms with Gasteiger partial charge in [-0.15, -0.1) is 0 Å². The van der Waals surface area contributed by atoms with Crippen molar-refractivity contribution in [3.05, 3.63) is 0 Å². The quantitative estimate of drug-likeness (QED) is 0.635. The fraction of sp³-hybridized carbons (Fsp3) is 1.00. The van der Waals surface area contributed by atoms with E-state index < -0.39 is 0 Å². The smallest absolute Gasteiger partial charge is 0.0431 e. The van der Waals surface area contributed by atoms with Crippen molar-refractivity contribution in [2.45, 2.75) is 25.8 Å². The molecule has 0 saturated carbocycles. The summed E-state index contributed by atoms with van der Waals surface area (Å²) in [6, 6.07) is 0.576. The third-order valence-electron chi connectivity index (χ3n) is 2.39. The molecule has 0 aromatic heterocycles. The van der Waals surface area contributed by atoms with Gasteiger partial charge < -0.3 is 14.9 Å². The van der Waals surface area contributed by atoms with Gasteiger partial charge in [0.15, 0.2) is 0 Å². The molecule has 0 rings (SSSR count). The van der Waals surface area contributed by atoms with Crippen LogP contribution in [0, 0.1) is 0 Å². The van der Waals surface area contributed by atoms with Crippen LogP contribution in [0.5, 0.6) is 0 Å². The molecule has 3 heteroatoms. The largest absolute Gasteiger partial charge is 0.396 e. The van der Waals surface area contributed by atoms with Crippen LogP contribution in [0.25, 0.3) is 0 Å². The second-order valence-corrected chi connectivity index (χ2v) is 3.86. The van der Waals surface area contributed by atoms with E-state index >= 15 is 0 Å². The van der Waals surface area contributed by atoms with Gasteiger partial charge in [0, 0.05) is 19.2 Å². The molecule has 1 atom stereocenters. The highest BCUT2D eigenvalue weighted by Gasteiger charge is 2.13. The van der Waals surface area contributed by atoms with Crippen molar-refractivity contribution in [3.63, 3.8) is 0 Å². The van der Waals surface area contributed by atoms with Gasteiger partial charge in [-0.2, -0.15) is 0 Å². The Labute approximate surface area is 82.3 Å². The summed E-state index contributed by atoms with van der Waals surface area (Å²) in [6.07, 6.45) is 1.99. The van der Waals surface area contributed by atoms with Crippen LogP contribution in [0.15, 0.2) is 0 Å². The predicted octanol–water partition coefficient (Wildman–Crippen LogP) is 0.641. The lowest BCUT2D eigenvalue weighted by atomic mass is 10.1. The Morgan fingerprint density at radius 1 is 1.23 bits per heavy atom. The molecule has 0 aliphatic carbocycles. The Morgan fingerprint density at radius 2 is 1.85 bits per heavy atom. The van der Waals surface area contributed by atoms with E-state index in [-0.39, 0.29) is 0 Å². The van der Waals surface area contributed by atoms with Crippen LogP contribution in [0.2, 0.25) is 0 Å². The van der Waals surface area contributed by atoms with E-state index in [9.17, 15) is 0 Å². The van der Waals surface area contributed by atoms with Crippen LogP contribution in [0.4, 0.5) is 0 Å². The van der Waals surface area contributed by atoms with Gasteiger partial charge in [-0.1, -0.05) is 6.92 Å². The van der Waals surface area contributed by atoms with Crippen LogP contribution in [0.3, 0.4) is 0 Å². The Hall–Kier alpha value is -0.120. The van der Waals surface area contributed by atoms with E-state index in [1.54, 1.807) is 0 Å². The maximum absolute atomic E-state index is 8.77. The molecule has 0 aromatic rings. The fourth-order valence-electron chi connectivity index (χ4n) is 1.46. The zero-order valence-electron chi connectivity index (χ0n) is 9.45. The molecule has 0 bridgehead atoms. The lowest BCUT2D eigenvalue weighted by Crippen LogP contribution is -2.39. The number of aliphatic hydroxyl groups excluding tert-OH is 1. The SMILES string of the molecule is CCN(C)C(CCCO)CN(C)C. The zero-order chi connectivity index (χ0) is 10.3. The molecule has 0 spiro atoms. The molecule has 13 heavy (non-hydrogen) atoms. The van der Waals surface area contributed by atoms with Gasteiger partial charge in [-0.05, 0) is 40.5 Å². The molecule has 0 amide bonds. The summed E-state index contributed by atoms with van der Waals surface area (Å²) in [5.74, 6) is 0. The number of rotatable bonds is 7. The fourth-order valence-corrected chi connectivity index (χ4v) is 1.46. The highest BCUT2D eigenvalue weighted by molar-refractivity contribution is 4.70. The first-order valence-electron chi connectivity index (χ1n) is 5.07. The van der Waals surface area contributed by atoms with Crippen molar-refractivity contribution >= 4 is 0 Å². The Balaban J connectivity index is 3.87. The molecule has 0 aliphatic rings. The third-order valence-corrected chi connectivity index (χ3v) is 2.39. The van der Waals surface area contributed by atoms with E-state index in [0.29, 0.717) is 12.6 Å². The first kappa shape index (κ1) is 12.9. The normalized spacial score (nSPS) is 14.1. The van der Waals surface area contributed by atoms with Crippen LogP contribution in [-0.2, 0) is 0 Å². The molecular formula is C10H24N2O. The summed E-state index contributed by atoms with van der Waals surface area (Å²) < 4.78 is 0. The van der Waals surface area contributed by atoms with Gasteiger partial charge in [0.25, 0.3) is 0 Å². The molecule has 0 fully saturated rings. The van der Waals surface area contributed by atoms with Crippen LogP contribution < -0.4 is 0 Å². The average Bonchev–Trinajstić information content (AvgIpc) is 2.10. The van der Waals surface area contributed by atoms with Crippen molar-refractivity contribution in [2.75, 3.05) is 40.8 Å². The van der Waals surface area contributed by atoms with E-state index in [2.05, 4.69) is 37.9 Å². The summed E-state index contributed by atoms with van der Waals surface area (Å²) in [5.41, 5.74) is 0. The Bertz CT molecular complexity index is 117. The average molecular weight is 188 g/mol. The van der Waals surface area contributed by atoms with Gasteiger partial charge in [0.05, 0.1) is 0 Å². The van der Waals surface area contributed by atoms with Gasteiger partial charge in [0.2, 0.25) is 0 Å². The number of nitrogens with zero attached hydrogens (tertiary/aromatic N) is 2. The molecule has 80 valence electrons. The summed E-state index contributed by atoms with van der Waals surface area (Å²) in [5, 5.41) is 8.77. The second-order valence-electron chi connectivity index (χ2n) is 3.86. The molecule has 1 unspecified atom stereocenters. The molecule has 0 heterocycles. The van der Waals surface area contributed by atoms with Crippen LogP contribution >= 0.6 is 0 Å². The van der Waals surface area contributed by atoms with E-state index in [1.807, 2.05) is 0 Å². The molecule has 1 N–H and O–H groups in total. The molecule has 0 aromatic carbocycles. The van der Waals surface area contributed by atoms with Crippen molar-refractivity contribution in [3.8, 4) is 0 Å². The first-order chi connectivity index (χ1) is 6.11. The maximum atomic E-state index is 8.77. The molecule has 0 aliphatic heterocycles. The van der Waals surface area contributed by atoms with Crippen molar-refractivity contribution < 1.29 is 5.11 Å². The van der Waals surface area contributed by atoms with E-state index in [1.165, 1.54) is 0 Å². The minimum atomic E-state index is 0.307. The predicted molar refractivity (Wildman–Crippen MR) is 57.0 cm³/mol. The van der Waals surface area contributed by atoms with Crippen molar-refractivity contribution in [1.29, 1.82) is 0 Å². The maximum Gasteiger partial charge on any atom is 0.0431 e. The molecule has 3 nitrogen and oxygen atoms in total. The van der Waals surface area contributed by atoms with E-state index in [0.717, 1.165) is 25.9 Å². The summed E-state index contributed by atoms with van der Waals surface area (Å²) in [6.45, 7) is 4.62. The number of hydrogen-bond donors (Lipinski definition) is 1. The first-order valence-corrected chi connectivity index (χ1v) is 5.07. The minimum absolute atomic E-state index is 0.307.